The molecule has 0 spiro atoms. The van der Waals surface area contributed by atoms with E-state index in [4.69, 9.17) is 18.9 Å². The van der Waals surface area contributed by atoms with Crippen LogP contribution in [0.1, 0.15) is 82.9 Å². The van der Waals surface area contributed by atoms with E-state index in [1.807, 2.05) is 88.8 Å². The molecule has 11 nitrogen and oxygen atoms in total. The van der Waals surface area contributed by atoms with Crippen molar-refractivity contribution < 1.29 is 64.3 Å². The topological polar surface area (TPSA) is 160 Å². The lowest BCUT2D eigenvalue weighted by atomic mass is 9.77. The molecule has 3 unspecified atom stereocenters. The van der Waals surface area contributed by atoms with Crippen molar-refractivity contribution in [3.63, 3.8) is 0 Å². The van der Waals surface area contributed by atoms with Gasteiger partial charge in [0.05, 0.1) is 16.7 Å². The quantitative estimate of drug-likeness (QED) is 0.0599. The third kappa shape index (κ3) is 12.3. The fourth-order valence-corrected chi connectivity index (χ4v) is 9.13. The minimum absolute atomic E-state index is 0.155. The van der Waals surface area contributed by atoms with Crippen LogP contribution in [0.25, 0.3) is 0 Å². The molecule has 322 valence electrons. The largest absolute Gasteiger partial charge is 0.458 e. The van der Waals surface area contributed by atoms with Crippen LogP contribution in [0.5, 0.6) is 0 Å². The summed E-state index contributed by atoms with van der Waals surface area (Å²) in [4.78, 5) is 57.0. The Bertz CT molecular complexity index is 2200. The fourth-order valence-electron chi connectivity index (χ4n) is 8.50. The van der Waals surface area contributed by atoms with E-state index in [-0.39, 0.29) is 16.7 Å². The molecule has 0 aromatic heterocycles. The smallest absolute Gasteiger partial charge is 0.426 e. The summed E-state index contributed by atoms with van der Waals surface area (Å²) in [5.41, 5.74) is 7.54. The van der Waals surface area contributed by atoms with Crippen LogP contribution >= 0.6 is 0 Å². The van der Waals surface area contributed by atoms with Gasteiger partial charge in [-0.25, -0.2) is 14.4 Å². The van der Waals surface area contributed by atoms with Crippen molar-refractivity contribution in [2.45, 2.75) is 87.7 Å². The van der Waals surface area contributed by atoms with Crippen LogP contribution in [0.4, 0.5) is 13.2 Å². The van der Waals surface area contributed by atoms with Crippen molar-refractivity contribution in [1.82, 2.24) is 0 Å². The Hall–Kier alpha value is -4.18. The average Bonchev–Trinajstić information content (AvgIpc) is 3.20. The zero-order valence-corrected chi connectivity index (χ0v) is 37.8. The Morgan fingerprint density at radius 2 is 1.08 bits per heavy atom. The van der Waals surface area contributed by atoms with Gasteiger partial charge in [-0.05, 0) is 28.8 Å². The zero-order valence-electron chi connectivity index (χ0n) is 37.0. The number of alkyl halides is 3. The molecule has 0 aliphatic heterocycles. The maximum absolute atomic E-state index is 14.4. The highest BCUT2D eigenvalue weighted by atomic mass is 32.2. The van der Waals surface area contributed by atoms with Crippen LogP contribution in [-0.2, 0) is 78.1 Å². The van der Waals surface area contributed by atoms with Gasteiger partial charge in [0.15, 0.2) is 0 Å². The number of rotatable bonds is 17. The van der Waals surface area contributed by atoms with Gasteiger partial charge in [-0.15, -0.1) is 0 Å². The van der Waals surface area contributed by atoms with Crippen LogP contribution in [-0.4, -0.2) is 144 Å². The second-order valence-corrected chi connectivity index (χ2v) is 17.3. The van der Waals surface area contributed by atoms with E-state index in [9.17, 15) is 45.3 Å². The molecule has 3 aromatic carbocycles. The molecule has 0 radical (unpaired) electrons. The lowest BCUT2D eigenvalue weighted by Crippen LogP contribution is -2.53. The van der Waals surface area contributed by atoms with Crippen LogP contribution in [0.3, 0.4) is 0 Å². The van der Waals surface area contributed by atoms with Crippen LogP contribution in [0.15, 0.2) is 36.4 Å². The summed E-state index contributed by atoms with van der Waals surface area (Å²) in [7, 11) is 11.5. The summed E-state index contributed by atoms with van der Waals surface area (Å²) in [6, 6.07) is 10.8. The molecule has 0 bridgehead atoms. The van der Waals surface area contributed by atoms with Gasteiger partial charge in [-0.3, -0.25) is 9.35 Å². The van der Waals surface area contributed by atoms with E-state index in [0.29, 0.717) is 60.9 Å². The molecular weight excluding hydrogens is 819 g/mol. The van der Waals surface area contributed by atoms with Crippen molar-refractivity contribution in [3.8, 4) is 0 Å². The average molecular weight is 869 g/mol. The predicted molar refractivity (Wildman–Crippen MR) is 254 cm³/mol. The van der Waals surface area contributed by atoms with Crippen LogP contribution < -0.4 is 10.9 Å². The number of esters is 4. The first-order chi connectivity index (χ1) is 29.1. The molecule has 1 N–H and O–H groups in total. The van der Waals surface area contributed by atoms with E-state index in [1.54, 1.807) is 18.2 Å². The fraction of sp³-hybridized carbons (Fsp3) is 0.421. The van der Waals surface area contributed by atoms with Crippen molar-refractivity contribution in [2.75, 3.05) is 5.75 Å². The van der Waals surface area contributed by atoms with Crippen molar-refractivity contribution in [1.29, 1.82) is 0 Å². The van der Waals surface area contributed by atoms with E-state index in [0.717, 1.165) is 33.2 Å². The number of halogens is 3. The van der Waals surface area contributed by atoms with Gasteiger partial charge in [0, 0.05) is 12.8 Å². The van der Waals surface area contributed by atoms with E-state index >= 15 is 0 Å². The molecule has 0 amide bonds. The van der Waals surface area contributed by atoms with Gasteiger partial charge >= 0.3 is 30.1 Å². The highest BCUT2D eigenvalue weighted by Crippen LogP contribution is 2.37. The van der Waals surface area contributed by atoms with Gasteiger partial charge in [0.25, 0.3) is 10.1 Å². The first kappa shape index (κ1) is 50.5. The molecule has 1 saturated carbocycles. The Kier molecular flexibility index (Phi) is 17.5. The monoisotopic (exact) mass is 870 g/mol. The molecular formula is C38H50B9F3O11S. The molecule has 3 aromatic rings. The van der Waals surface area contributed by atoms with Gasteiger partial charge in [-0.1, -0.05) is 102 Å². The lowest BCUT2D eigenvalue weighted by Gasteiger charge is -2.39. The first-order valence-electron chi connectivity index (χ1n) is 21.4. The molecule has 0 heterocycles. The molecule has 62 heavy (non-hydrogen) atoms. The molecule has 1 aliphatic rings. The van der Waals surface area contributed by atoms with E-state index in [1.165, 1.54) is 0 Å². The van der Waals surface area contributed by atoms with Crippen LogP contribution in [0.2, 0.25) is 0 Å². The molecule has 0 saturated heterocycles. The number of carbonyl (C=O) groups excluding carboxylic acids is 4. The third-order valence-corrected chi connectivity index (χ3v) is 12.3. The van der Waals surface area contributed by atoms with Gasteiger partial charge in [0.2, 0.25) is 6.10 Å². The highest BCUT2D eigenvalue weighted by Gasteiger charge is 2.52. The second-order valence-electron chi connectivity index (χ2n) is 15.8. The summed E-state index contributed by atoms with van der Waals surface area (Å²) in [5.74, 6) is -8.34. The Balaban J connectivity index is 1.92. The minimum atomic E-state index is -5.47. The van der Waals surface area contributed by atoms with E-state index in [2.05, 4.69) is 0 Å². The third-order valence-electron chi connectivity index (χ3n) is 11.6. The van der Waals surface area contributed by atoms with Crippen molar-refractivity contribution in [2.24, 2.45) is 5.92 Å². The van der Waals surface area contributed by atoms with Gasteiger partial charge < -0.3 is 18.9 Å². The summed E-state index contributed by atoms with van der Waals surface area (Å²) in [6.45, 7) is 0. The predicted octanol–water partition coefficient (Wildman–Crippen LogP) is -5.12. The highest BCUT2D eigenvalue weighted by molar-refractivity contribution is 7.85. The number of benzene rings is 3. The summed E-state index contributed by atoms with van der Waals surface area (Å²) < 4.78 is 98.9. The van der Waals surface area contributed by atoms with E-state index < -0.39 is 89.1 Å². The Morgan fingerprint density at radius 3 is 1.47 bits per heavy atom. The van der Waals surface area contributed by atoms with Crippen molar-refractivity contribution >= 4 is 116 Å². The molecule has 3 atom stereocenters. The maximum Gasteiger partial charge on any atom is 0.426 e. The van der Waals surface area contributed by atoms with Crippen LogP contribution in [0, 0.1) is 5.92 Å². The molecule has 1 fully saturated rings. The Morgan fingerprint density at radius 1 is 0.645 bits per heavy atom. The second kappa shape index (κ2) is 21.5. The normalized spacial score (nSPS) is 18.3. The summed E-state index contributed by atoms with van der Waals surface area (Å²) in [6.07, 6.45) is -10.9. The number of hydrogen-bond donors (Lipinski definition) is 1. The Labute approximate surface area is 369 Å². The zero-order chi connectivity index (χ0) is 46.3. The molecule has 1 aliphatic carbocycles. The van der Waals surface area contributed by atoms with Gasteiger partial charge in [0.1, 0.15) is 101 Å². The van der Waals surface area contributed by atoms with Gasteiger partial charge in [-0.2, -0.15) is 21.6 Å². The number of carbonyl (C=O) groups is 4. The number of hydrogen-bond acceptors (Lipinski definition) is 10. The summed E-state index contributed by atoms with van der Waals surface area (Å²) in [5, 5.41) is 0. The maximum atomic E-state index is 14.4. The minimum Gasteiger partial charge on any atom is -0.458 e. The summed E-state index contributed by atoms with van der Waals surface area (Å²) >= 11 is 0. The number of ether oxygens (including phenoxy) is 4. The SMILES string of the molecule is BCc1cc(CB)c(CB)c(C(=O)OC2CC(OC(=O)c3cc(B)cc(B)c3CB)CC(OC(=O)c3cc(CB)cc(CB)c3CB)C2C(=O)OC(CS(=O)(=O)O)C(F)(F)F)c1. The molecule has 24 heteroatoms. The lowest BCUT2D eigenvalue weighted by molar-refractivity contribution is -0.223. The first-order valence-corrected chi connectivity index (χ1v) is 23.0. The standard InChI is InChI=1S/C38H50B9F3O11S/c39-9-17-1-19(11-41)26(13-43)23(3-17)35(52)59-30-7-22(58-34(51)25-5-21(46)6-29(47)28(25)15-45)8-31(33(30)37(54)61-32(38(48,49)50)16-62(55,56)57)60-36(53)24-4-18(10-40)2-20(12-42)27(24)14-44/h1-6,22,30-33H,7-16,39-47H2,(H,55,56,57). The molecule has 4 rings (SSSR count). The van der Waals surface area contributed by atoms with Crippen molar-refractivity contribution in [3.05, 3.63) is 92.0 Å².